The van der Waals surface area contributed by atoms with Crippen molar-refractivity contribution in [2.45, 2.75) is 76.9 Å². The van der Waals surface area contributed by atoms with Gasteiger partial charge in [-0.3, -0.25) is 24.3 Å². The van der Waals surface area contributed by atoms with Crippen molar-refractivity contribution in [2.75, 3.05) is 6.54 Å². The highest BCUT2D eigenvalue weighted by molar-refractivity contribution is 5.98. The van der Waals surface area contributed by atoms with Crippen LogP contribution in [0.3, 0.4) is 0 Å². The molecule has 6 N–H and O–H groups in total. The summed E-state index contributed by atoms with van der Waals surface area (Å²) in [4.78, 5) is 61.3. The van der Waals surface area contributed by atoms with Crippen LogP contribution in [0.1, 0.15) is 88.1 Å². The number of nitrogens with one attached hydrogen (secondary N) is 6. The minimum absolute atomic E-state index is 0.161. The molecule has 1 aliphatic carbocycles. The molecule has 4 amide bonds. The van der Waals surface area contributed by atoms with Gasteiger partial charge >= 0.3 is 0 Å². The van der Waals surface area contributed by atoms with Gasteiger partial charge in [0, 0.05) is 41.3 Å². The minimum atomic E-state index is -0.982. The highest BCUT2D eigenvalue weighted by atomic mass is 16.4. The van der Waals surface area contributed by atoms with Crippen LogP contribution in [0.5, 0.6) is 0 Å². The normalized spacial score (nSPS) is 21.4. The molecule has 3 aromatic heterocycles. The molecule has 0 saturated heterocycles. The first-order chi connectivity index (χ1) is 21.3. The predicted molar refractivity (Wildman–Crippen MR) is 160 cm³/mol. The lowest BCUT2D eigenvalue weighted by Gasteiger charge is -2.24. The topological polar surface area (TPSA) is 187 Å². The molecule has 230 valence electrons. The van der Waals surface area contributed by atoms with E-state index in [9.17, 15) is 19.2 Å². The molecule has 0 unspecified atom stereocenters. The van der Waals surface area contributed by atoms with Crippen LogP contribution in [0.15, 0.2) is 34.9 Å². The van der Waals surface area contributed by atoms with Crippen LogP contribution in [-0.2, 0) is 28.9 Å². The Labute approximate surface area is 253 Å². The lowest BCUT2D eigenvalue weighted by atomic mass is 10.0. The van der Waals surface area contributed by atoms with Gasteiger partial charge in [-0.05, 0) is 64.0 Å². The Balaban J connectivity index is 1.29. The third-order valence-corrected chi connectivity index (χ3v) is 8.34. The Bertz CT molecular complexity index is 1720. The number of H-pyrrole nitrogens is 2. The largest absolute Gasteiger partial charge is 0.443 e. The first-order valence-corrected chi connectivity index (χ1v) is 15.1. The van der Waals surface area contributed by atoms with Crippen molar-refractivity contribution < 1.29 is 23.6 Å². The number of rotatable bonds is 4. The molecule has 44 heavy (non-hydrogen) atoms. The number of benzene rings is 1. The third kappa shape index (κ3) is 5.94. The summed E-state index contributed by atoms with van der Waals surface area (Å²) >= 11 is 0. The van der Waals surface area contributed by atoms with Crippen molar-refractivity contribution in [1.29, 1.82) is 0 Å². The molecule has 1 aromatic carbocycles. The highest BCUT2D eigenvalue weighted by Gasteiger charge is 2.32. The van der Waals surface area contributed by atoms with Crippen LogP contribution in [0.25, 0.3) is 10.9 Å². The zero-order valence-electron chi connectivity index (χ0n) is 24.7. The van der Waals surface area contributed by atoms with E-state index in [2.05, 4.69) is 41.4 Å². The van der Waals surface area contributed by atoms with Crippen LogP contribution in [0.4, 0.5) is 0 Å². The van der Waals surface area contributed by atoms with E-state index in [4.69, 9.17) is 4.42 Å². The van der Waals surface area contributed by atoms with Gasteiger partial charge < -0.3 is 30.7 Å². The molecule has 0 saturated carbocycles. The molecule has 3 atom stereocenters. The van der Waals surface area contributed by atoms with Gasteiger partial charge in [0.05, 0.1) is 0 Å². The van der Waals surface area contributed by atoms with Crippen molar-refractivity contribution in [1.82, 2.24) is 41.4 Å². The van der Waals surface area contributed by atoms with Crippen molar-refractivity contribution >= 4 is 34.5 Å². The van der Waals surface area contributed by atoms with E-state index >= 15 is 0 Å². The number of hydrogen-bond acceptors (Lipinski definition) is 7. The van der Waals surface area contributed by atoms with E-state index in [0.717, 1.165) is 47.0 Å². The van der Waals surface area contributed by atoms with E-state index in [1.807, 2.05) is 30.5 Å². The van der Waals surface area contributed by atoms with Gasteiger partial charge in [-0.1, -0.05) is 18.2 Å². The Kier molecular flexibility index (Phi) is 8.18. The summed E-state index contributed by atoms with van der Waals surface area (Å²) in [6, 6.07) is 5.13. The van der Waals surface area contributed by atoms with E-state index in [0.29, 0.717) is 37.3 Å². The van der Waals surface area contributed by atoms with Crippen LogP contribution < -0.4 is 21.3 Å². The van der Waals surface area contributed by atoms with Gasteiger partial charge in [-0.2, -0.15) is 5.10 Å². The summed E-state index contributed by atoms with van der Waals surface area (Å²) in [6.45, 7) is 3.70. The maximum atomic E-state index is 13.8. The van der Waals surface area contributed by atoms with E-state index in [1.54, 1.807) is 13.8 Å². The zero-order valence-corrected chi connectivity index (χ0v) is 24.7. The van der Waals surface area contributed by atoms with Crippen molar-refractivity contribution in [3.8, 4) is 0 Å². The number of aromatic amines is 2. The molecule has 13 nitrogen and oxygen atoms in total. The molecule has 4 aromatic rings. The van der Waals surface area contributed by atoms with Gasteiger partial charge in [-0.15, -0.1) is 0 Å². The SMILES string of the molecule is Cc1oc2nc1C(=O)NCCCC[C@H](NC(=O)c1n[nH]c3c1CCC3)C(=O)N[C@H](Cc1c[nH]c3ccccc13)C(=O)N[C@@H]2C. The number of aromatic nitrogens is 4. The number of carbonyl (C=O) groups excluding carboxylic acids is 4. The summed E-state index contributed by atoms with van der Waals surface area (Å²) < 4.78 is 5.73. The minimum Gasteiger partial charge on any atom is -0.443 e. The maximum absolute atomic E-state index is 13.8. The summed E-state index contributed by atoms with van der Waals surface area (Å²) in [5.74, 6) is -1.23. The Hall–Kier alpha value is -4.94. The fraction of sp³-hybridized carbons (Fsp3) is 0.419. The number of hydrogen-bond donors (Lipinski definition) is 6. The van der Waals surface area contributed by atoms with Crippen LogP contribution in [0, 0.1) is 6.92 Å². The first kappa shape index (κ1) is 29.1. The van der Waals surface area contributed by atoms with E-state index in [1.165, 1.54) is 0 Å². The van der Waals surface area contributed by atoms with Gasteiger partial charge in [0.25, 0.3) is 11.8 Å². The summed E-state index contributed by atoms with van der Waals surface area (Å²) in [5.41, 5.74) is 4.05. The van der Waals surface area contributed by atoms with Crippen LogP contribution in [0.2, 0.25) is 0 Å². The number of carbonyl (C=O) groups is 4. The van der Waals surface area contributed by atoms with Crippen molar-refractivity contribution in [3.63, 3.8) is 0 Å². The number of oxazole rings is 1. The molecule has 0 radical (unpaired) electrons. The molecule has 6 rings (SSSR count). The molecule has 0 spiro atoms. The van der Waals surface area contributed by atoms with Gasteiger partial charge in [0.1, 0.15) is 23.9 Å². The quantitative estimate of drug-likeness (QED) is 0.207. The average Bonchev–Trinajstić information content (AvgIpc) is 3.79. The average molecular weight is 601 g/mol. The second kappa shape index (κ2) is 12.3. The maximum Gasteiger partial charge on any atom is 0.273 e. The second-order valence-electron chi connectivity index (χ2n) is 11.5. The molecule has 2 aliphatic rings. The smallest absolute Gasteiger partial charge is 0.273 e. The van der Waals surface area contributed by atoms with Crippen LogP contribution >= 0.6 is 0 Å². The molecule has 0 fully saturated rings. The van der Waals surface area contributed by atoms with Gasteiger partial charge in [0.15, 0.2) is 11.4 Å². The van der Waals surface area contributed by atoms with Gasteiger partial charge in [-0.25, -0.2) is 4.98 Å². The summed E-state index contributed by atoms with van der Waals surface area (Å²) in [6.07, 6.45) is 5.93. The number of aryl methyl sites for hydroxylation is 2. The molecule has 2 bridgehead atoms. The molecule has 4 heterocycles. The number of para-hydroxylation sites is 1. The fourth-order valence-electron chi connectivity index (χ4n) is 5.95. The predicted octanol–water partition coefficient (Wildman–Crippen LogP) is 2.29. The van der Waals surface area contributed by atoms with Crippen molar-refractivity contribution in [3.05, 3.63) is 70.3 Å². The lowest BCUT2D eigenvalue weighted by molar-refractivity contribution is -0.130. The summed E-state index contributed by atoms with van der Waals surface area (Å²) in [5, 5.41) is 19.6. The monoisotopic (exact) mass is 600 g/mol. The van der Waals surface area contributed by atoms with Gasteiger partial charge in [0.2, 0.25) is 17.7 Å². The van der Waals surface area contributed by atoms with E-state index < -0.39 is 35.8 Å². The third-order valence-electron chi connectivity index (χ3n) is 8.34. The number of amides is 4. The van der Waals surface area contributed by atoms with Crippen molar-refractivity contribution in [2.24, 2.45) is 0 Å². The summed E-state index contributed by atoms with van der Waals surface area (Å²) in [7, 11) is 0. The lowest BCUT2D eigenvalue weighted by Crippen LogP contribution is -2.54. The Morgan fingerprint density at radius 3 is 2.77 bits per heavy atom. The second-order valence-corrected chi connectivity index (χ2v) is 11.5. The first-order valence-electron chi connectivity index (χ1n) is 15.1. The highest BCUT2D eigenvalue weighted by Crippen LogP contribution is 2.24. The fourth-order valence-corrected chi connectivity index (χ4v) is 5.95. The zero-order chi connectivity index (χ0) is 30.8. The van der Waals surface area contributed by atoms with E-state index in [-0.39, 0.29) is 23.9 Å². The Morgan fingerprint density at radius 2 is 1.91 bits per heavy atom. The molecular weight excluding hydrogens is 564 g/mol. The number of nitrogens with zero attached hydrogens (tertiary/aromatic N) is 2. The standard InChI is InChI=1S/C31H36N8O5/c1-16-31-37-25(17(2)44-31)29(42)32-13-6-5-11-23(35-30(43)26-20-9-7-12-22(20)38-39-26)27(40)36-24(28(41)34-16)14-18-15-33-21-10-4-3-8-19(18)21/h3-4,8,10,15-16,23-24,33H,5-7,9,11-14H2,1-2H3,(H,32,42)(H,34,41)(H,35,43)(H,36,40)(H,38,39)/t16-,23+,24-/m1/s1. The molecule has 1 aliphatic heterocycles. The Morgan fingerprint density at radius 1 is 1.07 bits per heavy atom. The molecular formula is C31H36N8O5. The van der Waals surface area contributed by atoms with Crippen LogP contribution in [-0.4, -0.2) is 62.4 Å². The molecule has 13 heteroatoms. The number of fused-ring (bicyclic) bond motifs is 4.